The zero-order valence-corrected chi connectivity index (χ0v) is 8.36. The Morgan fingerprint density at radius 1 is 1.15 bits per heavy atom. The Kier molecular flexibility index (Phi) is 1.38. The molecule has 3 saturated carbocycles. The molecule has 0 N–H and O–H groups in total. The maximum Gasteiger partial charge on any atom is 0.225 e. The van der Waals surface area contributed by atoms with Crippen LogP contribution in [-0.2, 0) is 4.79 Å². The summed E-state index contributed by atoms with van der Waals surface area (Å²) in [6.07, 6.45) is 4.25. The molecule has 0 aromatic heterocycles. The number of carbonyl (C=O) groups excluding carboxylic acids is 1. The highest BCUT2D eigenvalue weighted by Gasteiger charge is 2.67. The van der Waals surface area contributed by atoms with Crippen LogP contribution in [0.2, 0.25) is 0 Å². The Morgan fingerprint density at radius 2 is 1.69 bits per heavy atom. The first-order chi connectivity index (χ1) is 6.20. The quantitative estimate of drug-likeness (QED) is 0.595. The van der Waals surface area contributed by atoms with Crippen molar-refractivity contribution in [3.8, 4) is 0 Å². The Bertz CT molecular complexity index is 245. The zero-order valence-electron chi connectivity index (χ0n) is 8.36. The van der Waals surface area contributed by atoms with Gasteiger partial charge in [0.25, 0.3) is 0 Å². The summed E-state index contributed by atoms with van der Waals surface area (Å²) >= 11 is 0. The lowest BCUT2D eigenvalue weighted by Crippen LogP contribution is -2.26. The predicted octanol–water partition coefficient (Wildman–Crippen LogP) is 1.37. The fraction of sp³-hybridized carbons (Fsp3) is 0.909. The van der Waals surface area contributed by atoms with Crippen LogP contribution in [0.3, 0.4) is 0 Å². The molecule has 0 aliphatic heterocycles. The molecule has 3 rings (SSSR count). The van der Waals surface area contributed by atoms with Crippen molar-refractivity contribution in [3.63, 3.8) is 0 Å². The van der Waals surface area contributed by atoms with Crippen molar-refractivity contribution < 1.29 is 4.79 Å². The Hall–Kier alpha value is -0.530. The van der Waals surface area contributed by atoms with Crippen LogP contribution in [0, 0.1) is 29.6 Å². The molecule has 0 heterocycles. The first-order valence-electron chi connectivity index (χ1n) is 5.41. The molecule has 4 atom stereocenters. The molecule has 0 spiro atoms. The minimum atomic E-state index is 0.395. The number of amides is 1. The van der Waals surface area contributed by atoms with E-state index in [0.717, 1.165) is 23.7 Å². The second-order valence-electron chi connectivity index (χ2n) is 5.25. The van der Waals surface area contributed by atoms with E-state index in [-0.39, 0.29) is 0 Å². The minimum Gasteiger partial charge on any atom is -0.349 e. The third-order valence-corrected chi connectivity index (χ3v) is 4.46. The Balaban J connectivity index is 1.76. The average molecular weight is 179 g/mol. The molecule has 3 aliphatic rings. The first kappa shape index (κ1) is 7.84. The zero-order chi connectivity index (χ0) is 9.16. The van der Waals surface area contributed by atoms with Gasteiger partial charge >= 0.3 is 0 Å². The van der Waals surface area contributed by atoms with Gasteiger partial charge in [0.05, 0.1) is 0 Å². The minimum absolute atomic E-state index is 0.395. The Labute approximate surface area is 79.3 Å². The largest absolute Gasteiger partial charge is 0.349 e. The molecule has 72 valence electrons. The third-order valence-electron chi connectivity index (χ3n) is 4.46. The standard InChI is InChI=1S/C11H17NO/c1-12(2)11(13)10-8-6-3-4-7(5-6)9(8)10/h6-10H,3-5H2,1-2H3. The van der Waals surface area contributed by atoms with Crippen LogP contribution in [0.4, 0.5) is 0 Å². The molecule has 0 radical (unpaired) electrons. The van der Waals surface area contributed by atoms with Crippen LogP contribution in [0.5, 0.6) is 0 Å². The molecule has 1 amide bonds. The van der Waals surface area contributed by atoms with E-state index < -0.39 is 0 Å². The molecule has 3 fully saturated rings. The summed E-state index contributed by atoms with van der Waals surface area (Å²) in [4.78, 5) is 13.5. The average Bonchev–Trinajstić information content (AvgIpc) is 2.52. The molecule has 2 bridgehead atoms. The van der Waals surface area contributed by atoms with Crippen molar-refractivity contribution >= 4 is 5.91 Å². The van der Waals surface area contributed by atoms with Gasteiger partial charge in [-0.2, -0.15) is 0 Å². The van der Waals surface area contributed by atoms with E-state index in [1.807, 2.05) is 14.1 Å². The van der Waals surface area contributed by atoms with Gasteiger partial charge in [-0.15, -0.1) is 0 Å². The second kappa shape index (κ2) is 2.28. The first-order valence-corrected chi connectivity index (χ1v) is 5.41. The van der Waals surface area contributed by atoms with Crippen molar-refractivity contribution in [2.75, 3.05) is 14.1 Å². The number of hydrogen-bond acceptors (Lipinski definition) is 1. The van der Waals surface area contributed by atoms with Crippen LogP contribution in [0.25, 0.3) is 0 Å². The summed E-state index contributed by atoms with van der Waals surface area (Å²) < 4.78 is 0. The SMILES string of the molecule is CN(C)C(=O)C1C2C3CCC(C3)C12. The summed E-state index contributed by atoms with van der Waals surface area (Å²) in [6.45, 7) is 0. The van der Waals surface area contributed by atoms with E-state index in [4.69, 9.17) is 0 Å². The topological polar surface area (TPSA) is 20.3 Å². The molecule has 2 heteroatoms. The third kappa shape index (κ3) is 0.866. The van der Waals surface area contributed by atoms with Crippen molar-refractivity contribution in [1.29, 1.82) is 0 Å². The molecule has 13 heavy (non-hydrogen) atoms. The van der Waals surface area contributed by atoms with E-state index in [9.17, 15) is 4.79 Å². The van der Waals surface area contributed by atoms with Crippen LogP contribution >= 0.6 is 0 Å². The van der Waals surface area contributed by atoms with Gasteiger partial charge in [-0.3, -0.25) is 4.79 Å². The van der Waals surface area contributed by atoms with E-state index in [0.29, 0.717) is 11.8 Å². The van der Waals surface area contributed by atoms with E-state index in [2.05, 4.69) is 0 Å². The van der Waals surface area contributed by atoms with Crippen molar-refractivity contribution in [2.24, 2.45) is 29.6 Å². The lowest BCUT2D eigenvalue weighted by atomic mass is 10.0. The Morgan fingerprint density at radius 3 is 2.15 bits per heavy atom. The number of nitrogens with zero attached hydrogens (tertiary/aromatic N) is 1. The van der Waals surface area contributed by atoms with Crippen LogP contribution in [0.15, 0.2) is 0 Å². The number of fused-ring (bicyclic) bond motifs is 5. The lowest BCUT2D eigenvalue weighted by molar-refractivity contribution is -0.131. The molecular formula is C11H17NO. The summed E-state index contributed by atoms with van der Waals surface area (Å²) in [5.74, 6) is 4.27. The molecule has 0 aromatic rings. The number of hydrogen-bond donors (Lipinski definition) is 0. The van der Waals surface area contributed by atoms with Crippen molar-refractivity contribution in [2.45, 2.75) is 19.3 Å². The summed E-state index contributed by atoms with van der Waals surface area (Å²) in [5.41, 5.74) is 0. The molecule has 4 unspecified atom stereocenters. The molecule has 3 aliphatic carbocycles. The van der Waals surface area contributed by atoms with Gasteiger partial charge in [-0.25, -0.2) is 0 Å². The highest BCUT2D eigenvalue weighted by Crippen LogP contribution is 2.69. The van der Waals surface area contributed by atoms with E-state index in [1.54, 1.807) is 4.90 Å². The van der Waals surface area contributed by atoms with Gasteiger partial charge in [-0.1, -0.05) is 0 Å². The van der Waals surface area contributed by atoms with Gasteiger partial charge in [-0.05, 0) is 42.9 Å². The van der Waals surface area contributed by atoms with E-state index in [1.165, 1.54) is 19.3 Å². The fourth-order valence-corrected chi connectivity index (χ4v) is 3.95. The van der Waals surface area contributed by atoms with E-state index >= 15 is 0 Å². The fourth-order valence-electron chi connectivity index (χ4n) is 3.95. The summed E-state index contributed by atoms with van der Waals surface area (Å²) in [5, 5.41) is 0. The van der Waals surface area contributed by atoms with Gasteiger partial charge in [0.1, 0.15) is 0 Å². The van der Waals surface area contributed by atoms with Gasteiger partial charge in [0.15, 0.2) is 0 Å². The highest BCUT2D eigenvalue weighted by atomic mass is 16.2. The normalized spacial score (nSPS) is 50.5. The van der Waals surface area contributed by atoms with Crippen molar-refractivity contribution in [1.82, 2.24) is 4.90 Å². The van der Waals surface area contributed by atoms with Gasteiger partial charge < -0.3 is 4.90 Å². The lowest BCUT2D eigenvalue weighted by Gasteiger charge is -2.13. The number of rotatable bonds is 1. The summed E-state index contributed by atoms with van der Waals surface area (Å²) in [6, 6.07) is 0. The van der Waals surface area contributed by atoms with Crippen molar-refractivity contribution in [3.05, 3.63) is 0 Å². The smallest absolute Gasteiger partial charge is 0.225 e. The highest BCUT2D eigenvalue weighted by molar-refractivity contribution is 5.82. The van der Waals surface area contributed by atoms with Gasteiger partial charge in [0, 0.05) is 20.0 Å². The number of carbonyl (C=O) groups is 1. The monoisotopic (exact) mass is 179 g/mol. The predicted molar refractivity (Wildman–Crippen MR) is 50.0 cm³/mol. The van der Waals surface area contributed by atoms with Gasteiger partial charge in [0.2, 0.25) is 5.91 Å². The van der Waals surface area contributed by atoms with Crippen LogP contribution < -0.4 is 0 Å². The maximum absolute atomic E-state index is 11.8. The van der Waals surface area contributed by atoms with Crippen LogP contribution in [-0.4, -0.2) is 24.9 Å². The molecule has 0 saturated heterocycles. The van der Waals surface area contributed by atoms with Crippen LogP contribution in [0.1, 0.15) is 19.3 Å². The summed E-state index contributed by atoms with van der Waals surface area (Å²) in [7, 11) is 3.77. The second-order valence-corrected chi connectivity index (χ2v) is 5.25. The molecular weight excluding hydrogens is 162 g/mol. The maximum atomic E-state index is 11.8. The molecule has 0 aromatic carbocycles. The molecule has 2 nitrogen and oxygen atoms in total.